The Hall–Kier alpha value is -2.82. The lowest BCUT2D eigenvalue weighted by molar-refractivity contribution is -0.274. The van der Waals surface area contributed by atoms with Crippen LogP contribution in [0.2, 0.25) is 0 Å². The fourth-order valence-corrected chi connectivity index (χ4v) is 4.65. The van der Waals surface area contributed by atoms with Gasteiger partial charge >= 0.3 is 6.36 Å². The van der Waals surface area contributed by atoms with Gasteiger partial charge in [-0.2, -0.15) is 5.10 Å². The second-order valence-corrected chi connectivity index (χ2v) is 8.67. The molecular formula is C20H22F3N5O2S. The molecule has 0 bridgehead atoms. The van der Waals surface area contributed by atoms with Crippen molar-refractivity contribution >= 4 is 32.6 Å². The third-order valence-electron chi connectivity index (χ3n) is 5.05. The molecule has 2 aromatic heterocycles. The topological polar surface area (TPSA) is 63.5 Å². The predicted octanol–water partition coefficient (Wildman–Crippen LogP) is 4.24. The third kappa shape index (κ3) is 4.60. The van der Waals surface area contributed by atoms with E-state index in [9.17, 15) is 18.0 Å². The number of nitrogens with zero attached hydrogens (tertiary/aromatic N) is 5. The highest BCUT2D eigenvalue weighted by Crippen LogP contribution is 2.33. The number of aryl methyl sites for hydroxylation is 1. The summed E-state index contributed by atoms with van der Waals surface area (Å²) in [4.78, 5) is 21.2. The molecule has 0 N–H and O–H groups in total. The normalized spacial score (nSPS) is 15.2. The van der Waals surface area contributed by atoms with E-state index in [1.54, 1.807) is 4.90 Å². The number of fused-ring (bicyclic) bond motifs is 1. The zero-order chi connectivity index (χ0) is 22.3. The summed E-state index contributed by atoms with van der Waals surface area (Å²) < 4.78 is 43.8. The molecule has 1 aromatic carbocycles. The van der Waals surface area contributed by atoms with E-state index in [1.165, 1.54) is 29.5 Å². The Kier molecular flexibility index (Phi) is 5.54. The zero-order valence-electron chi connectivity index (χ0n) is 17.3. The van der Waals surface area contributed by atoms with Crippen molar-refractivity contribution in [3.8, 4) is 5.75 Å². The first kappa shape index (κ1) is 21.4. The Balaban J connectivity index is 1.43. The Labute approximate surface area is 181 Å². The van der Waals surface area contributed by atoms with Crippen molar-refractivity contribution < 1.29 is 22.7 Å². The molecular weight excluding hydrogens is 431 g/mol. The molecule has 166 valence electrons. The molecule has 3 aromatic rings. The number of anilines is 1. The maximum absolute atomic E-state index is 12.8. The van der Waals surface area contributed by atoms with E-state index in [2.05, 4.69) is 14.8 Å². The summed E-state index contributed by atoms with van der Waals surface area (Å²) in [5, 5.41) is 5.15. The molecule has 11 heteroatoms. The predicted molar refractivity (Wildman–Crippen MR) is 112 cm³/mol. The number of halogens is 3. The van der Waals surface area contributed by atoms with E-state index in [4.69, 9.17) is 0 Å². The molecule has 0 aliphatic carbocycles. The average Bonchev–Trinajstić information content (AvgIpc) is 3.29. The summed E-state index contributed by atoms with van der Waals surface area (Å²) in [5.41, 5.74) is 2.00. The van der Waals surface area contributed by atoms with E-state index in [1.807, 2.05) is 36.4 Å². The first-order valence-electron chi connectivity index (χ1n) is 9.87. The minimum Gasteiger partial charge on any atom is -0.406 e. The molecule has 7 nitrogen and oxygen atoms in total. The first-order valence-corrected chi connectivity index (χ1v) is 10.7. The van der Waals surface area contributed by atoms with E-state index in [0.29, 0.717) is 47.2 Å². The second-order valence-electron chi connectivity index (χ2n) is 7.66. The maximum atomic E-state index is 12.8. The molecule has 1 aliphatic heterocycles. The average molecular weight is 453 g/mol. The highest BCUT2D eigenvalue weighted by Gasteiger charge is 2.31. The number of aromatic nitrogens is 3. The van der Waals surface area contributed by atoms with Gasteiger partial charge in [0.05, 0.1) is 10.2 Å². The maximum Gasteiger partial charge on any atom is 0.573 e. The van der Waals surface area contributed by atoms with Crippen LogP contribution in [0.5, 0.6) is 5.75 Å². The molecule has 1 saturated heterocycles. The Morgan fingerprint density at radius 3 is 2.48 bits per heavy atom. The number of piperazine rings is 1. The number of alkyl halides is 3. The first-order chi connectivity index (χ1) is 14.6. The van der Waals surface area contributed by atoms with Gasteiger partial charge in [-0.05, 0) is 39.0 Å². The fourth-order valence-electron chi connectivity index (χ4n) is 3.60. The third-order valence-corrected chi connectivity index (χ3v) is 6.13. The summed E-state index contributed by atoms with van der Waals surface area (Å²) in [6.45, 7) is 8.17. The van der Waals surface area contributed by atoms with Crippen LogP contribution in [0.4, 0.5) is 18.3 Å². The van der Waals surface area contributed by atoms with Gasteiger partial charge in [0, 0.05) is 44.0 Å². The quantitative estimate of drug-likeness (QED) is 0.591. The standard InChI is InChI=1S/C20H22F3N5O2S/c1-12(2)28-13(3)10-16(25-28)18(29)26-6-8-27(9-7-26)19-24-15-5-4-14(11-17(15)31-19)30-20(21,22)23/h4-5,10-12H,6-9H2,1-3H3. The number of benzene rings is 1. The minimum absolute atomic E-state index is 0.0969. The lowest BCUT2D eigenvalue weighted by Crippen LogP contribution is -2.48. The van der Waals surface area contributed by atoms with Crippen LogP contribution in [0.3, 0.4) is 0 Å². The summed E-state index contributed by atoms with van der Waals surface area (Å²) in [6, 6.07) is 6.11. The zero-order valence-corrected chi connectivity index (χ0v) is 18.1. The summed E-state index contributed by atoms with van der Waals surface area (Å²) in [7, 11) is 0. The van der Waals surface area contributed by atoms with Gasteiger partial charge in [-0.3, -0.25) is 9.48 Å². The molecule has 1 aliphatic rings. The van der Waals surface area contributed by atoms with Crippen LogP contribution in [0.25, 0.3) is 10.2 Å². The Morgan fingerprint density at radius 2 is 1.87 bits per heavy atom. The number of ether oxygens (including phenoxy) is 1. The summed E-state index contributed by atoms with van der Waals surface area (Å²) in [6.07, 6.45) is -4.73. The Bertz CT molecular complexity index is 1100. The number of carbonyl (C=O) groups excluding carboxylic acids is 1. The van der Waals surface area contributed by atoms with Gasteiger partial charge < -0.3 is 14.5 Å². The van der Waals surface area contributed by atoms with Gasteiger partial charge in [0.1, 0.15) is 5.75 Å². The minimum atomic E-state index is -4.73. The number of hydrogen-bond acceptors (Lipinski definition) is 6. The van der Waals surface area contributed by atoms with Crippen LogP contribution in [-0.4, -0.2) is 58.1 Å². The molecule has 0 unspecified atom stereocenters. The highest BCUT2D eigenvalue weighted by atomic mass is 32.1. The van der Waals surface area contributed by atoms with Crippen LogP contribution in [0.15, 0.2) is 24.3 Å². The molecule has 1 amide bonds. The number of rotatable bonds is 4. The van der Waals surface area contributed by atoms with Crippen molar-refractivity contribution in [1.82, 2.24) is 19.7 Å². The van der Waals surface area contributed by atoms with Crippen LogP contribution in [0.1, 0.15) is 36.1 Å². The number of thiazole rings is 1. The Morgan fingerprint density at radius 1 is 1.16 bits per heavy atom. The van der Waals surface area contributed by atoms with E-state index in [-0.39, 0.29) is 17.7 Å². The summed E-state index contributed by atoms with van der Waals surface area (Å²) in [5.74, 6) is -0.359. The molecule has 0 atom stereocenters. The monoisotopic (exact) mass is 453 g/mol. The van der Waals surface area contributed by atoms with Crippen molar-refractivity contribution in [3.63, 3.8) is 0 Å². The van der Waals surface area contributed by atoms with E-state index < -0.39 is 6.36 Å². The van der Waals surface area contributed by atoms with Gasteiger partial charge in [0.2, 0.25) is 0 Å². The van der Waals surface area contributed by atoms with Crippen LogP contribution in [0, 0.1) is 6.92 Å². The molecule has 31 heavy (non-hydrogen) atoms. The second kappa shape index (κ2) is 8.03. The highest BCUT2D eigenvalue weighted by molar-refractivity contribution is 7.22. The molecule has 3 heterocycles. The largest absolute Gasteiger partial charge is 0.573 e. The smallest absolute Gasteiger partial charge is 0.406 e. The van der Waals surface area contributed by atoms with E-state index in [0.717, 1.165) is 5.69 Å². The lowest BCUT2D eigenvalue weighted by Gasteiger charge is -2.34. The molecule has 0 spiro atoms. The van der Waals surface area contributed by atoms with Crippen LogP contribution in [-0.2, 0) is 0 Å². The van der Waals surface area contributed by atoms with Gasteiger partial charge in [-0.1, -0.05) is 11.3 Å². The van der Waals surface area contributed by atoms with Gasteiger partial charge in [0.15, 0.2) is 10.8 Å². The van der Waals surface area contributed by atoms with Crippen LogP contribution < -0.4 is 9.64 Å². The molecule has 1 fully saturated rings. The molecule has 4 rings (SSSR count). The molecule has 0 radical (unpaired) electrons. The number of hydrogen-bond donors (Lipinski definition) is 0. The fraction of sp³-hybridized carbons (Fsp3) is 0.450. The SMILES string of the molecule is Cc1cc(C(=O)N2CCN(c3nc4ccc(OC(F)(F)F)cc4s3)CC2)nn1C(C)C. The van der Waals surface area contributed by atoms with E-state index >= 15 is 0 Å². The van der Waals surface area contributed by atoms with Gasteiger partial charge in [0.25, 0.3) is 5.91 Å². The van der Waals surface area contributed by atoms with Crippen molar-refractivity contribution in [3.05, 3.63) is 35.7 Å². The summed E-state index contributed by atoms with van der Waals surface area (Å²) >= 11 is 1.31. The van der Waals surface area contributed by atoms with Gasteiger partial charge in [-0.25, -0.2) is 4.98 Å². The van der Waals surface area contributed by atoms with Crippen molar-refractivity contribution in [1.29, 1.82) is 0 Å². The lowest BCUT2D eigenvalue weighted by atomic mass is 10.2. The van der Waals surface area contributed by atoms with Crippen LogP contribution >= 0.6 is 11.3 Å². The van der Waals surface area contributed by atoms with Gasteiger partial charge in [-0.15, -0.1) is 13.2 Å². The van der Waals surface area contributed by atoms with Crippen molar-refractivity contribution in [2.24, 2.45) is 0 Å². The number of amides is 1. The number of carbonyl (C=O) groups is 1. The molecule has 0 saturated carbocycles. The van der Waals surface area contributed by atoms with Crippen molar-refractivity contribution in [2.75, 3.05) is 31.1 Å². The van der Waals surface area contributed by atoms with Crippen molar-refractivity contribution in [2.45, 2.75) is 33.2 Å².